The third kappa shape index (κ3) is 4.08. The maximum atomic E-state index is 12.1. The van der Waals surface area contributed by atoms with Crippen LogP contribution in [0.5, 0.6) is 5.75 Å². The van der Waals surface area contributed by atoms with Crippen molar-refractivity contribution < 1.29 is 13.2 Å². The average molecular weight is 330 g/mol. The van der Waals surface area contributed by atoms with Crippen LogP contribution in [-0.2, 0) is 9.84 Å². The van der Waals surface area contributed by atoms with E-state index < -0.39 is 9.84 Å². The minimum absolute atomic E-state index is 0.0530. The summed E-state index contributed by atoms with van der Waals surface area (Å²) in [7, 11) is -2.19. The maximum Gasteiger partial charge on any atom is 0.264 e. The molecule has 118 valence electrons. The number of H-pyrrole nitrogens is 1. The second kappa shape index (κ2) is 6.94. The molecule has 2 rings (SSSR count). The van der Waals surface area contributed by atoms with Gasteiger partial charge in [-0.05, 0) is 29.8 Å². The first-order valence-corrected chi connectivity index (χ1v) is 8.19. The van der Waals surface area contributed by atoms with Gasteiger partial charge in [-0.15, -0.1) is 6.42 Å². The molecule has 0 aliphatic heterocycles. The zero-order valence-corrected chi connectivity index (χ0v) is 13.1. The summed E-state index contributed by atoms with van der Waals surface area (Å²) < 4.78 is 29.2. The van der Waals surface area contributed by atoms with E-state index in [9.17, 15) is 13.2 Å². The average Bonchev–Trinajstić information content (AvgIpc) is 2.54. The lowest BCUT2D eigenvalue weighted by molar-refractivity contribution is 0.402. The molecule has 0 amide bonds. The van der Waals surface area contributed by atoms with Gasteiger partial charge in [0.1, 0.15) is 16.4 Å². The van der Waals surface area contributed by atoms with Crippen molar-refractivity contribution in [2.24, 2.45) is 0 Å². The lowest BCUT2D eigenvalue weighted by Gasteiger charge is -2.08. The number of aromatic nitrogens is 2. The molecular weight excluding hydrogens is 316 g/mol. The Labute approximate surface area is 133 Å². The van der Waals surface area contributed by atoms with Crippen LogP contribution in [0.4, 0.5) is 0 Å². The molecule has 0 atom stereocenters. The Morgan fingerprint density at radius 2 is 2.09 bits per heavy atom. The largest absolute Gasteiger partial charge is 0.495 e. The van der Waals surface area contributed by atoms with E-state index >= 15 is 0 Å². The number of nitrogens with zero attached hydrogens (tertiary/aromatic N) is 1. The van der Waals surface area contributed by atoms with E-state index in [1.54, 1.807) is 30.4 Å². The van der Waals surface area contributed by atoms with Crippen molar-refractivity contribution >= 4 is 22.0 Å². The van der Waals surface area contributed by atoms with Crippen molar-refractivity contribution in [3.8, 4) is 18.1 Å². The fourth-order valence-corrected chi connectivity index (χ4v) is 2.96. The number of hydrogen-bond acceptors (Lipinski definition) is 5. The van der Waals surface area contributed by atoms with Crippen molar-refractivity contribution in [2.45, 2.75) is 4.90 Å². The summed E-state index contributed by atoms with van der Waals surface area (Å²) in [4.78, 5) is 11.0. The summed E-state index contributed by atoms with van der Waals surface area (Å²) in [6.45, 7) is 0. The van der Waals surface area contributed by atoms with E-state index in [0.29, 0.717) is 5.69 Å². The summed E-state index contributed by atoms with van der Waals surface area (Å²) in [5, 5.41) is 6.17. The standard InChI is InChI=1S/C16H14N2O4S/c1-3-10-23(20,21)15-8-5-12(11-14(15)22-2)4-6-13-7-9-16(19)18-17-13/h1,4-9,11H,10H2,2H3,(H,18,19). The zero-order chi connectivity index (χ0) is 16.9. The van der Waals surface area contributed by atoms with Gasteiger partial charge in [-0.1, -0.05) is 18.1 Å². The molecule has 1 heterocycles. The molecule has 0 bridgehead atoms. The van der Waals surface area contributed by atoms with Gasteiger partial charge in [-0.25, -0.2) is 13.5 Å². The highest BCUT2D eigenvalue weighted by Gasteiger charge is 2.18. The number of sulfone groups is 1. The number of aromatic amines is 1. The van der Waals surface area contributed by atoms with Gasteiger partial charge < -0.3 is 4.74 Å². The molecule has 0 saturated carbocycles. The molecule has 1 aromatic heterocycles. The quantitative estimate of drug-likeness (QED) is 0.836. The number of hydrogen-bond donors (Lipinski definition) is 1. The molecule has 6 nitrogen and oxygen atoms in total. The second-order valence-electron chi connectivity index (χ2n) is 4.55. The smallest absolute Gasteiger partial charge is 0.264 e. The van der Waals surface area contributed by atoms with E-state index in [4.69, 9.17) is 11.2 Å². The number of rotatable bonds is 5. The summed E-state index contributed by atoms with van der Waals surface area (Å²) in [5.74, 6) is 1.96. The molecule has 0 spiro atoms. The molecule has 0 aliphatic rings. The molecule has 0 aliphatic carbocycles. The molecule has 0 radical (unpaired) electrons. The van der Waals surface area contributed by atoms with Crippen molar-refractivity contribution in [1.82, 2.24) is 10.2 Å². The van der Waals surface area contributed by atoms with Crippen molar-refractivity contribution in [2.75, 3.05) is 12.9 Å². The van der Waals surface area contributed by atoms with Crippen LogP contribution in [-0.4, -0.2) is 31.5 Å². The highest BCUT2D eigenvalue weighted by molar-refractivity contribution is 7.91. The lowest BCUT2D eigenvalue weighted by atomic mass is 10.2. The molecule has 0 fully saturated rings. The number of ether oxygens (including phenoxy) is 1. The fraction of sp³-hybridized carbons (Fsp3) is 0.125. The van der Waals surface area contributed by atoms with Gasteiger partial charge in [-0.2, -0.15) is 5.10 Å². The monoisotopic (exact) mass is 330 g/mol. The van der Waals surface area contributed by atoms with Gasteiger partial charge in [0.15, 0.2) is 9.84 Å². The van der Waals surface area contributed by atoms with Gasteiger partial charge in [-0.3, -0.25) is 4.79 Å². The van der Waals surface area contributed by atoms with Crippen LogP contribution >= 0.6 is 0 Å². The molecule has 0 saturated heterocycles. The normalized spacial score (nSPS) is 11.3. The highest BCUT2D eigenvalue weighted by atomic mass is 32.2. The number of methoxy groups -OCH3 is 1. The van der Waals surface area contributed by atoms with Crippen LogP contribution in [0.2, 0.25) is 0 Å². The lowest BCUT2D eigenvalue weighted by Crippen LogP contribution is -2.07. The van der Waals surface area contributed by atoms with Crippen LogP contribution in [0.15, 0.2) is 40.0 Å². The molecule has 2 aromatic rings. The molecule has 1 aromatic carbocycles. The van der Waals surface area contributed by atoms with Gasteiger partial charge in [0.2, 0.25) is 0 Å². The predicted octanol–water partition coefficient (Wildman–Crippen LogP) is 1.36. The highest BCUT2D eigenvalue weighted by Crippen LogP contribution is 2.26. The van der Waals surface area contributed by atoms with Crippen molar-refractivity contribution in [3.05, 3.63) is 51.9 Å². The summed E-state index contributed by atoms with van der Waals surface area (Å²) in [6.07, 6.45) is 8.49. The first kappa shape index (κ1) is 16.5. The maximum absolute atomic E-state index is 12.1. The van der Waals surface area contributed by atoms with E-state index in [-0.39, 0.29) is 22.0 Å². The molecule has 23 heavy (non-hydrogen) atoms. The minimum atomic E-state index is -3.58. The van der Waals surface area contributed by atoms with Crippen LogP contribution in [0.25, 0.3) is 12.2 Å². The van der Waals surface area contributed by atoms with Gasteiger partial charge in [0, 0.05) is 6.07 Å². The van der Waals surface area contributed by atoms with E-state index in [0.717, 1.165) is 5.56 Å². The fourth-order valence-electron chi connectivity index (χ4n) is 1.86. The van der Waals surface area contributed by atoms with Crippen LogP contribution < -0.4 is 10.3 Å². The summed E-state index contributed by atoms with van der Waals surface area (Å²) in [6, 6.07) is 7.60. The predicted molar refractivity (Wildman–Crippen MR) is 87.7 cm³/mol. The van der Waals surface area contributed by atoms with Gasteiger partial charge in [0.25, 0.3) is 5.56 Å². The number of nitrogens with one attached hydrogen (secondary N) is 1. The SMILES string of the molecule is C#CCS(=O)(=O)c1ccc(C=Cc2ccc(=O)[nH]n2)cc1OC. The first-order valence-electron chi connectivity index (χ1n) is 6.54. The van der Waals surface area contributed by atoms with Gasteiger partial charge in [0.05, 0.1) is 12.8 Å². The number of terminal acetylenes is 1. The Kier molecular flexibility index (Phi) is 4.98. The molecule has 1 N–H and O–H groups in total. The Balaban J connectivity index is 2.34. The van der Waals surface area contributed by atoms with Gasteiger partial charge >= 0.3 is 0 Å². The van der Waals surface area contributed by atoms with Crippen molar-refractivity contribution in [3.63, 3.8) is 0 Å². The van der Waals surface area contributed by atoms with E-state index in [2.05, 4.69) is 16.1 Å². The summed E-state index contributed by atoms with van der Waals surface area (Å²) in [5.41, 5.74) is 0.994. The third-order valence-electron chi connectivity index (χ3n) is 2.94. The molecular formula is C16H14N2O4S. The van der Waals surface area contributed by atoms with Crippen LogP contribution in [0.1, 0.15) is 11.3 Å². The molecule has 7 heteroatoms. The van der Waals surface area contributed by atoms with E-state index in [1.807, 2.05) is 0 Å². The van der Waals surface area contributed by atoms with E-state index in [1.165, 1.54) is 19.2 Å². The van der Waals surface area contributed by atoms with Crippen LogP contribution in [0, 0.1) is 12.3 Å². The number of benzene rings is 1. The third-order valence-corrected chi connectivity index (χ3v) is 4.50. The Hall–Kier alpha value is -2.85. The topological polar surface area (TPSA) is 89.1 Å². The molecule has 0 unspecified atom stereocenters. The first-order chi connectivity index (χ1) is 11.0. The Morgan fingerprint density at radius 3 is 2.70 bits per heavy atom. The summed E-state index contributed by atoms with van der Waals surface area (Å²) >= 11 is 0. The van der Waals surface area contributed by atoms with Crippen molar-refractivity contribution in [1.29, 1.82) is 0 Å². The Morgan fingerprint density at radius 1 is 1.30 bits per heavy atom. The zero-order valence-electron chi connectivity index (χ0n) is 12.3. The second-order valence-corrected chi connectivity index (χ2v) is 6.51. The minimum Gasteiger partial charge on any atom is -0.495 e. The van der Waals surface area contributed by atoms with Crippen LogP contribution in [0.3, 0.4) is 0 Å². The Bertz CT molecular complexity index is 917.